The summed E-state index contributed by atoms with van der Waals surface area (Å²) in [7, 11) is 0. The SMILES string of the molecule is CCCCCCCCCCCCCCCCC(CC1CO1)N(CC)CC. The molecule has 2 unspecified atom stereocenters. The third-order valence-corrected chi connectivity index (χ3v) is 6.16. The molecule has 2 heteroatoms. The summed E-state index contributed by atoms with van der Waals surface area (Å²) in [6, 6.07) is 0.759. The van der Waals surface area contributed by atoms with Gasteiger partial charge in [0, 0.05) is 6.04 Å². The highest BCUT2D eigenvalue weighted by atomic mass is 16.6. The summed E-state index contributed by atoms with van der Waals surface area (Å²) in [4.78, 5) is 2.64. The molecule has 1 saturated heterocycles. The minimum Gasteiger partial charge on any atom is -0.373 e. The van der Waals surface area contributed by atoms with Crippen LogP contribution in [0.25, 0.3) is 0 Å². The smallest absolute Gasteiger partial charge is 0.0824 e. The Morgan fingerprint density at radius 1 is 0.692 bits per heavy atom. The van der Waals surface area contributed by atoms with E-state index in [1.165, 1.54) is 116 Å². The molecule has 1 aliphatic heterocycles. The Morgan fingerprint density at radius 3 is 1.50 bits per heavy atom. The van der Waals surface area contributed by atoms with Crippen LogP contribution in [-0.4, -0.2) is 36.7 Å². The van der Waals surface area contributed by atoms with Gasteiger partial charge >= 0.3 is 0 Å². The van der Waals surface area contributed by atoms with Crippen molar-refractivity contribution in [2.75, 3.05) is 19.7 Å². The number of ether oxygens (including phenoxy) is 1. The number of hydrogen-bond acceptors (Lipinski definition) is 2. The molecule has 0 spiro atoms. The molecule has 2 nitrogen and oxygen atoms in total. The van der Waals surface area contributed by atoms with Gasteiger partial charge in [-0.25, -0.2) is 0 Å². The Hall–Kier alpha value is -0.0800. The zero-order valence-corrected chi connectivity index (χ0v) is 18.4. The van der Waals surface area contributed by atoms with Gasteiger partial charge in [-0.15, -0.1) is 0 Å². The molecule has 156 valence electrons. The lowest BCUT2D eigenvalue weighted by Crippen LogP contribution is -2.36. The van der Waals surface area contributed by atoms with Gasteiger partial charge in [0.05, 0.1) is 12.7 Å². The largest absolute Gasteiger partial charge is 0.373 e. The van der Waals surface area contributed by atoms with Crippen LogP contribution >= 0.6 is 0 Å². The molecule has 0 saturated carbocycles. The van der Waals surface area contributed by atoms with Crippen molar-refractivity contribution in [2.45, 2.75) is 136 Å². The van der Waals surface area contributed by atoms with Gasteiger partial charge in [0.15, 0.2) is 0 Å². The molecule has 1 rings (SSSR count). The van der Waals surface area contributed by atoms with Gasteiger partial charge in [0.1, 0.15) is 0 Å². The van der Waals surface area contributed by atoms with Crippen molar-refractivity contribution in [1.29, 1.82) is 0 Å². The first-order valence-electron chi connectivity index (χ1n) is 12.2. The molecule has 0 radical (unpaired) electrons. The van der Waals surface area contributed by atoms with Crippen molar-refractivity contribution in [2.24, 2.45) is 0 Å². The standard InChI is InChI=1S/C24H49NO/c1-4-7-8-9-10-11-12-13-14-15-16-17-18-19-20-23(21-24-22-26-24)25(5-2)6-3/h23-24H,4-22H2,1-3H3. The first kappa shape index (κ1) is 24.0. The number of epoxide rings is 1. The molecule has 0 amide bonds. The molecule has 0 N–H and O–H groups in total. The quantitative estimate of drug-likeness (QED) is 0.165. The highest BCUT2D eigenvalue weighted by Gasteiger charge is 2.28. The zero-order chi connectivity index (χ0) is 18.9. The molecule has 0 aromatic carbocycles. The van der Waals surface area contributed by atoms with Crippen LogP contribution in [0.1, 0.15) is 124 Å². The minimum absolute atomic E-state index is 0.576. The maximum absolute atomic E-state index is 5.48. The van der Waals surface area contributed by atoms with E-state index >= 15 is 0 Å². The number of nitrogens with zero attached hydrogens (tertiary/aromatic N) is 1. The molecule has 1 aliphatic rings. The Kier molecular flexibility index (Phi) is 15.7. The Bertz CT molecular complexity index is 286. The van der Waals surface area contributed by atoms with Crippen molar-refractivity contribution in [3.8, 4) is 0 Å². The highest BCUT2D eigenvalue weighted by Crippen LogP contribution is 2.23. The third-order valence-electron chi connectivity index (χ3n) is 6.16. The maximum Gasteiger partial charge on any atom is 0.0824 e. The van der Waals surface area contributed by atoms with Gasteiger partial charge in [-0.05, 0) is 25.9 Å². The summed E-state index contributed by atoms with van der Waals surface area (Å²) in [5.41, 5.74) is 0. The van der Waals surface area contributed by atoms with Crippen LogP contribution in [0.3, 0.4) is 0 Å². The third kappa shape index (κ3) is 13.1. The molecule has 2 atom stereocenters. The average molecular weight is 368 g/mol. The van der Waals surface area contributed by atoms with E-state index in [0.29, 0.717) is 6.10 Å². The average Bonchev–Trinajstić information content (AvgIpc) is 3.46. The van der Waals surface area contributed by atoms with Crippen LogP contribution in [0.4, 0.5) is 0 Å². The van der Waals surface area contributed by atoms with Crippen LogP contribution in [0.2, 0.25) is 0 Å². The monoisotopic (exact) mass is 367 g/mol. The summed E-state index contributed by atoms with van der Waals surface area (Å²) < 4.78 is 5.48. The molecule has 26 heavy (non-hydrogen) atoms. The predicted octanol–water partition coefficient (Wildman–Crippen LogP) is 7.36. The van der Waals surface area contributed by atoms with E-state index in [9.17, 15) is 0 Å². The molecule has 1 fully saturated rings. The predicted molar refractivity (Wildman–Crippen MR) is 116 cm³/mol. The van der Waals surface area contributed by atoms with Gasteiger partial charge in [0.25, 0.3) is 0 Å². The lowest BCUT2D eigenvalue weighted by Gasteiger charge is -2.29. The van der Waals surface area contributed by atoms with Crippen molar-refractivity contribution < 1.29 is 4.74 Å². The Balaban J connectivity index is 1.87. The summed E-state index contributed by atoms with van der Waals surface area (Å²) in [5, 5.41) is 0. The normalized spacial score (nSPS) is 17.8. The van der Waals surface area contributed by atoms with Crippen molar-refractivity contribution >= 4 is 0 Å². The van der Waals surface area contributed by atoms with E-state index in [1.807, 2.05) is 0 Å². The second-order valence-electron chi connectivity index (χ2n) is 8.45. The van der Waals surface area contributed by atoms with E-state index in [-0.39, 0.29) is 0 Å². The van der Waals surface area contributed by atoms with E-state index in [0.717, 1.165) is 12.6 Å². The zero-order valence-electron chi connectivity index (χ0n) is 18.4. The van der Waals surface area contributed by atoms with Crippen molar-refractivity contribution in [3.63, 3.8) is 0 Å². The second-order valence-corrected chi connectivity index (χ2v) is 8.45. The van der Waals surface area contributed by atoms with Crippen LogP contribution in [0.5, 0.6) is 0 Å². The van der Waals surface area contributed by atoms with E-state index in [2.05, 4.69) is 25.7 Å². The van der Waals surface area contributed by atoms with E-state index < -0.39 is 0 Å². The molecular formula is C24H49NO. The van der Waals surface area contributed by atoms with Gasteiger partial charge in [0.2, 0.25) is 0 Å². The number of hydrogen-bond donors (Lipinski definition) is 0. The molecule has 0 aliphatic carbocycles. The summed E-state index contributed by atoms with van der Waals surface area (Å²) in [6.45, 7) is 10.3. The van der Waals surface area contributed by atoms with Crippen LogP contribution < -0.4 is 0 Å². The van der Waals surface area contributed by atoms with Crippen LogP contribution in [-0.2, 0) is 4.74 Å². The molecular weight excluding hydrogens is 318 g/mol. The summed E-state index contributed by atoms with van der Waals surface area (Å²) in [6.07, 6.45) is 23.5. The molecule has 1 heterocycles. The lowest BCUT2D eigenvalue weighted by molar-refractivity contribution is 0.179. The maximum atomic E-state index is 5.48. The fourth-order valence-electron chi connectivity index (χ4n) is 4.27. The van der Waals surface area contributed by atoms with Gasteiger partial charge in [-0.3, -0.25) is 0 Å². The van der Waals surface area contributed by atoms with Crippen molar-refractivity contribution in [3.05, 3.63) is 0 Å². The molecule has 0 aromatic rings. The first-order chi connectivity index (χ1) is 12.8. The fraction of sp³-hybridized carbons (Fsp3) is 1.00. The Morgan fingerprint density at radius 2 is 1.12 bits per heavy atom. The topological polar surface area (TPSA) is 15.8 Å². The molecule has 0 bridgehead atoms. The molecule has 0 aromatic heterocycles. The highest BCUT2D eigenvalue weighted by molar-refractivity contribution is 4.80. The van der Waals surface area contributed by atoms with E-state index in [4.69, 9.17) is 4.74 Å². The lowest BCUT2D eigenvalue weighted by atomic mass is 10.00. The summed E-state index contributed by atoms with van der Waals surface area (Å²) >= 11 is 0. The van der Waals surface area contributed by atoms with Gasteiger partial charge in [-0.1, -0.05) is 111 Å². The first-order valence-corrected chi connectivity index (χ1v) is 12.2. The van der Waals surface area contributed by atoms with E-state index in [1.54, 1.807) is 0 Å². The minimum atomic E-state index is 0.576. The number of unbranched alkanes of at least 4 members (excludes halogenated alkanes) is 13. The summed E-state index contributed by atoms with van der Waals surface area (Å²) in [5.74, 6) is 0. The Labute approximate surface area is 165 Å². The number of rotatable bonds is 20. The fourth-order valence-corrected chi connectivity index (χ4v) is 4.27. The van der Waals surface area contributed by atoms with Gasteiger partial charge in [-0.2, -0.15) is 0 Å². The van der Waals surface area contributed by atoms with Crippen LogP contribution in [0.15, 0.2) is 0 Å². The van der Waals surface area contributed by atoms with Crippen LogP contribution in [0, 0.1) is 0 Å². The second kappa shape index (κ2) is 17.0. The van der Waals surface area contributed by atoms with Gasteiger partial charge < -0.3 is 9.64 Å². The van der Waals surface area contributed by atoms with Crippen molar-refractivity contribution in [1.82, 2.24) is 4.90 Å².